The molecule has 0 aromatic heterocycles. The van der Waals surface area contributed by atoms with Gasteiger partial charge in [0.2, 0.25) is 0 Å². The molecule has 1 aromatic carbocycles. The molecule has 0 aliphatic heterocycles. The number of nitrogens with one attached hydrogen (secondary N) is 1. The molecule has 1 aromatic rings. The Balaban J connectivity index is 2.89. The lowest BCUT2D eigenvalue weighted by atomic mass is 9.98. The predicted molar refractivity (Wildman–Crippen MR) is 70.1 cm³/mol. The first kappa shape index (κ1) is 12.5. The van der Waals surface area contributed by atoms with E-state index in [0.29, 0.717) is 6.04 Å². The van der Waals surface area contributed by atoms with Crippen molar-refractivity contribution < 1.29 is 0 Å². The van der Waals surface area contributed by atoms with Crippen molar-refractivity contribution in [2.45, 2.75) is 25.8 Å². The number of hydrogen-bond donors (Lipinski definition) is 1. The van der Waals surface area contributed by atoms with E-state index in [1.54, 1.807) is 0 Å². The van der Waals surface area contributed by atoms with Crippen LogP contribution in [0.25, 0.3) is 0 Å². The summed E-state index contributed by atoms with van der Waals surface area (Å²) in [5.41, 5.74) is 2.70. The second-order valence-corrected chi connectivity index (χ2v) is 4.62. The summed E-state index contributed by atoms with van der Waals surface area (Å²) in [7, 11) is 2.01. The van der Waals surface area contributed by atoms with Crippen molar-refractivity contribution in [2.24, 2.45) is 0 Å². The Morgan fingerprint density at radius 3 is 2.87 bits per heavy atom. The maximum Gasteiger partial charge on any atom is 0.0323 e. The molecule has 0 bridgehead atoms. The molecule has 1 rings (SSSR count). The smallest absolute Gasteiger partial charge is 0.0323 e. The summed E-state index contributed by atoms with van der Waals surface area (Å²) in [5, 5.41) is 3.35. The number of hydrogen-bond acceptors (Lipinski definition) is 1. The topological polar surface area (TPSA) is 12.0 Å². The summed E-state index contributed by atoms with van der Waals surface area (Å²) in [6, 6.07) is 6.84. The fourth-order valence-corrected chi connectivity index (χ4v) is 2.11. The van der Waals surface area contributed by atoms with Crippen LogP contribution in [0.3, 0.4) is 0 Å². The first-order valence-electron chi connectivity index (χ1n) is 5.23. The highest BCUT2D eigenvalue weighted by Crippen LogP contribution is 2.25. The minimum Gasteiger partial charge on any atom is -0.313 e. The summed E-state index contributed by atoms with van der Waals surface area (Å²) in [4.78, 5) is 0. The first-order chi connectivity index (χ1) is 7.19. The molecule has 82 valence electrons. The molecule has 2 heteroatoms. The number of halogens is 1. The summed E-state index contributed by atoms with van der Waals surface area (Å²) in [5.74, 6) is 0. The predicted octanol–water partition coefficient (Wildman–Crippen LogP) is 3.98. The molecule has 0 saturated heterocycles. The van der Waals surface area contributed by atoms with Crippen LogP contribution < -0.4 is 5.32 Å². The van der Waals surface area contributed by atoms with E-state index in [-0.39, 0.29) is 0 Å². The van der Waals surface area contributed by atoms with Crippen molar-refractivity contribution in [1.82, 2.24) is 5.32 Å². The van der Waals surface area contributed by atoms with Crippen molar-refractivity contribution in [1.29, 1.82) is 0 Å². The monoisotopic (exact) mass is 267 g/mol. The molecule has 15 heavy (non-hydrogen) atoms. The van der Waals surface area contributed by atoms with Gasteiger partial charge in [-0.05, 0) is 50.1 Å². The molecule has 1 nitrogen and oxygen atoms in total. The highest BCUT2D eigenvalue weighted by atomic mass is 79.9. The highest BCUT2D eigenvalue weighted by molar-refractivity contribution is 9.10. The average molecular weight is 268 g/mol. The van der Waals surface area contributed by atoms with Crippen molar-refractivity contribution in [3.63, 3.8) is 0 Å². The van der Waals surface area contributed by atoms with E-state index in [1.165, 1.54) is 11.1 Å². The van der Waals surface area contributed by atoms with Crippen molar-refractivity contribution in [2.75, 3.05) is 7.05 Å². The molecule has 1 unspecified atom stereocenters. The zero-order valence-corrected chi connectivity index (χ0v) is 11.0. The Morgan fingerprint density at radius 2 is 2.27 bits per heavy atom. The third-order valence-electron chi connectivity index (χ3n) is 2.62. The van der Waals surface area contributed by atoms with Gasteiger partial charge in [0.25, 0.3) is 0 Å². The van der Waals surface area contributed by atoms with Crippen molar-refractivity contribution in [3.8, 4) is 0 Å². The van der Waals surface area contributed by atoms with Crippen LogP contribution in [0.4, 0.5) is 0 Å². The van der Waals surface area contributed by atoms with Crippen LogP contribution in [0.15, 0.2) is 35.3 Å². The molecule has 0 radical (unpaired) electrons. The molecular weight excluding hydrogens is 250 g/mol. The molecule has 0 spiro atoms. The average Bonchev–Trinajstić information content (AvgIpc) is 2.24. The van der Waals surface area contributed by atoms with Crippen LogP contribution in [-0.4, -0.2) is 7.05 Å². The lowest BCUT2D eigenvalue weighted by Gasteiger charge is -2.18. The van der Waals surface area contributed by atoms with Gasteiger partial charge in [0.15, 0.2) is 0 Å². The van der Waals surface area contributed by atoms with Crippen LogP contribution in [-0.2, 0) is 0 Å². The zero-order chi connectivity index (χ0) is 11.3. The second kappa shape index (κ2) is 6.09. The quantitative estimate of drug-likeness (QED) is 0.796. The highest BCUT2D eigenvalue weighted by Gasteiger charge is 2.10. The standard InChI is InChI=1S/C13H18BrN/c1-4-5-6-13(15-3)12-9-11(14)8-7-10(12)2/h4,7-9,13,15H,1,5-6H2,2-3H3. The van der Waals surface area contributed by atoms with Crippen LogP contribution in [0.5, 0.6) is 0 Å². The maximum atomic E-state index is 3.76. The Morgan fingerprint density at radius 1 is 1.53 bits per heavy atom. The zero-order valence-electron chi connectivity index (χ0n) is 9.39. The summed E-state index contributed by atoms with van der Waals surface area (Å²) in [6.07, 6.45) is 4.10. The van der Waals surface area contributed by atoms with E-state index in [0.717, 1.165) is 17.3 Å². The van der Waals surface area contributed by atoms with Crippen LogP contribution in [0, 0.1) is 6.92 Å². The van der Waals surface area contributed by atoms with Gasteiger partial charge in [0.05, 0.1) is 0 Å². The molecule has 0 heterocycles. The van der Waals surface area contributed by atoms with E-state index in [2.05, 4.69) is 52.9 Å². The van der Waals surface area contributed by atoms with Gasteiger partial charge in [0.1, 0.15) is 0 Å². The summed E-state index contributed by atoms with van der Waals surface area (Å²) < 4.78 is 1.14. The Bertz CT molecular complexity index is 333. The molecule has 1 atom stereocenters. The van der Waals surface area contributed by atoms with Crippen LogP contribution >= 0.6 is 15.9 Å². The van der Waals surface area contributed by atoms with E-state index >= 15 is 0 Å². The minimum atomic E-state index is 0.417. The van der Waals surface area contributed by atoms with Gasteiger partial charge in [-0.2, -0.15) is 0 Å². The fraction of sp³-hybridized carbons (Fsp3) is 0.385. The number of aryl methyl sites for hydroxylation is 1. The Kier molecular flexibility index (Phi) is 5.06. The van der Waals surface area contributed by atoms with Gasteiger partial charge >= 0.3 is 0 Å². The van der Waals surface area contributed by atoms with E-state index in [4.69, 9.17) is 0 Å². The summed E-state index contributed by atoms with van der Waals surface area (Å²) >= 11 is 3.51. The first-order valence-corrected chi connectivity index (χ1v) is 6.02. The molecular formula is C13H18BrN. The molecule has 0 saturated carbocycles. The third kappa shape index (κ3) is 3.47. The van der Waals surface area contributed by atoms with Gasteiger partial charge in [-0.1, -0.05) is 28.1 Å². The van der Waals surface area contributed by atoms with Crippen LogP contribution in [0.2, 0.25) is 0 Å². The summed E-state index contributed by atoms with van der Waals surface area (Å²) in [6.45, 7) is 5.92. The van der Waals surface area contributed by atoms with E-state index in [1.807, 2.05) is 13.1 Å². The largest absolute Gasteiger partial charge is 0.313 e. The van der Waals surface area contributed by atoms with Gasteiger partial charge < -0.3 is 5.32 Å². The van der Waals surface area contributed by atoms with Gasteiger partial charge in [0, 0.05) is 10.5 Å². The van der Waals surface area contributed by atoms with Gasteiger partial charge in [-0.25, -0.2) is 0 Å². The number of allylic oxidation sites excluding steroid dienone is 1. The second-order valence-electron chi connectivity index (χ2n) is 3.71. The normalized spacial score (nSPS) is 12.5. The van der Waals surface area contributed by atoms with Crippen LogP contribution in [0.1, 0.15) is 30.0 Å². The molecule has 0 aliphatic rings. The maximum absolute atomic E-state index is 3.76. The van der Waals surface area contributed by atoms with Gasteiger partial charge in [-0.15, -0.1) is 6.58 Å². The van der Waals surface area contributed by atoms with E-state index in [9.17, 15) is 0 Å². The Labute approximate surface area is 101 Å². The van der Waals surface area contributed by atoms with Gasteiger partial charge in [-0.3, -0.25) is 0 Å². The SMILES string of the molecule is C=CCCC(NC)c1cc(Br)ccc1C. The Hall–Kier alpha value is -0.600. The molecule has 0 aliphatic carbocycles. The molecule has 0 amide bonds. The lowest BCUT2D eigenvalue weighted by Crippen LogP contribution is -2.17. The fourth-order valence-electron chi connectivity index (χ4n) is 1.73. The molecule has 0 fully saturated rings. The van der Waals surface area contributed by atoms with E-state index < -0.39 is 0 Å². The number of rotatable bonds is 5. The molecule has 1 N–H and O–H groups in total. The minimum absolute atomic E-state index is 0.417. The van der Waals surface area contributed by atoms with Crippen molar-refractivity contribution >= 4 is 15.9 Å². The number of benzene rings is 1. The van der Waals surface area contributed by atoms with Crippen molar-refractivity contribution in [3.05, 3.63) is 46.5 Å². The lowest BCUT2D eigenvalue weighted by molar-refractivity contribution is 0.552. The third-order valence-corrected chi connectivity index (χ3v) is 3.12.